The van der Waals surface area contributed by atoms with Gasteiger partial charge in [0.2, 0.25) is 0 Å². The van der Waals surface area contributed by atoms with Gasteiger partial charge < -0.3 is 14.6 Å². The van der Waals surface area contributed by atoms with Crippen molar-refractivity contribution in [2.45, 2.75) is 30.8 Å². The van der Waals surface area contributed by atoms with Gasteiger partial charge in [-0.05, 0) is 0 Å². The van der Waals surface area contributed by atoms with E-state index in [0.717, 1.165) is 0 Å². The molecular weight excluding hydrogens is 378 g/mol. The minimum atomic E-state index is -2.72. The van der Waals surface area contributed by atoms with Gasteiger partial charge in [-0.1, -0.05) is 48.5 Å². The van der Waals surface area contributed by atoms with E-state index in [1.807, 2.05) is 0 Å². The summed E-state index contributed by atoms with van der Waals surface area (Å²) in [5.41, 5.74) is -0.918. The molecule has 0 bridgehead atoms. The van der Waals surface area contributed by atoms with Gasteiger partial charge >= 0.3 is 0 Å². The highest BCUT2D eigenvalue weighted by atomic mass is 19.3. The summed E-state index contributed by atoms with van der Waals surface area (Å²) < 4.78 is 65.8. The van der Waals surface area contributed by atoms with Crippen molar-refractivity contribution in [3.05, 3.63) is 70.8 Å². The Kier molecular flexibility index (Phi) is 5.13. The third-order valence-electron chi connectivity index (χ3n) is 5.36. The number of halogens is 4. The lowest BCUT2D eigenvalue weighted by Gasteiger charge is -2.34. The molecule has 0 saturated carbocycles. The molecule has 0 radical (unpaired) electrons. The van der Waals surface area contributed by atoms with Crippen molar-refractivity contribution in [1.82, 2.24) is 4.90 Å². The summed E-state index contributed by atoms with van der Waals surface area (Å²) in [4.78, 5) is 1.61. The number of rotatable bonds is 5. The summed E-state index contributed by atoms with van der Waals surface area (Å²) in [7, 11) is 0. The maximum Gasteiger partial charge on any atom is 0.264 e. The van der Waals surface area contributed by atoms with E-state index in [-0.39, 0.29) is 42.1 Å². The number of hydrogen-bond donors (Lipinski definition) is 1. The monoisotopic (exact) mass is 397 g/mol. The first-order valence-corrected chi connectivity index (χ1v) is 8.85. The first-order valence-electron chi connectivity index (χ1n) is 8.85. The molecule has 0 unspecified atom stereocenters. The second-order valence-electron chi connectivity index (χ2n) is 6.98. The van der Waals surface area contributed by atoms with E-state index in [1.165, 1.54) is 36.4 Å². The quantitative estimate of drug-likeness (QED) is 0.762. The van der Waals surface area contributed by atoms with Crippen LogP contribution in [0.15, 0.2) is 48.5 Å². The smallest absolute Gasteiger partial charge is 0.264 e. The van der Waals surface area contributed by atoms with Crippen LogP contribution in [-0.4, -0.2) is 35.4 Å². The first kappa shape index (κ1) is 19.3. The van der Waals surface area contributed by atoms with Gasteiger partial charge in [0.05, 0.1) is 25.4 Å². The van der Waals surface area contributed by atoms with E-state index >= 15 is 0 Å². The average Bonchev–Trinajstić information content (AvgIpc) is 3.25. The molecule has 0 amide bonds. The van der Waals surface area contributed by atoms with Gasteiger partial charge in [-0.15, -0.1) is 0 Å². The number of alkyl halides is 4. The van der Waals surface area contributed by atoms with Crippen LogP contribution in [-0.2, 0) is 9.47 Å². The number of hydrogen-bond acceptors (Lipinski definition) is 4. The summed E-state index contributed by atoms with van der Waals surface area (Å²) in [6.45, 7) is -0.272. The minimum Gasteiger partial charge on any atom is -0.394 e. The van der Waals surface area contributed by atoms with Crippen LogP contribution < -0.4 is 0 Å². The molecule has 0 spiro atoms. The normalized spacial score (nSPS) is 27.7. The van der Waals surface area contributed by atoms with Gasteiger partial charge in [0.25, 0.3) is 12.9 Å². The Bertz CT molecular complexity index is 784. The largest absolute Gasteiger partial charge is 0.394 e. The van der Waals surface area contributed by atoms with Crippen LogP contribution in [0.1, 0.15) is 47.6 Å². The minimum absolute atomic E-state index is 0.0408. The van der Waals surface area contributed by atoms with Crippen molar-refractivity contribution >= 4 is 0 Å². The van der Waals surface area contributed by atoms with Gasteiger partial charge in [0, 0.05) is 22.3 Å². The number of nitrogens with zero attached hydrogens (tertiary/aromatic N) is 1. The Morgan fingerprint density at radius 2 is 1.29 bits per heavy atom. The van der Waals surface area contributed by atoms with E-state index in [0.29, 0.717) is 0 Å². The molecule has 8 heteroatoms. The third-order valence-corrected chi connectivity index (χ3v) is 5.36. The van der Waals surface area contributed by atoms with E-state index < -0.39 is 30.8 Å². The maximum absolute atomic E-state index is 13.5. The molecule has 2 aliphatic rings. The SMILES string of the molecule is OC[C@]12CO[C@H](c3ccccc3C(F)F)N1[C@H](c1ccccc1C(F)F)OC2. The molecule has 2 fully saturated rings. The molecule has 1 N–H and O–H groups in total. The number of benzene rings is 2. The molecule has 4 rings (SSSR count). The topological polar surface area (TPSA) is 41.9 Å². The summed E-state index contributed by atoms with van der Waals surface area (Å²) in [5, 5.41) is 10.0. The van der Waals surface area contributed by atoms with Crippen molar-refractivity contribution in [2.24, 2.45) is 0 Å². The molecule has 2 aliphatic heterocycles. The van der Waals surface area contributed by atoms with Gasteiger partial charge in [0.1, 0.15) is 12.5 Å². The van der Waals surface area contributed by atoms with Crippen molar-refractivity contribution < 1.29 is 32.1 Å². The number of aliphatic hydroxyl groups is 1. The van der Waals surface area contributed by atoms with E-state index in [1.54, 1.807) is 17.0 Å². The molecule has 0 aliphatic carbocycles. The lowest BCUT2D eigenvalue weighted by molar-refractivity contribution is -0.0656. The third kappa shape index (κ3) is 3.00. The Labute approximate surface area is 159 Å². The van der Waals surface area contributed by atoms with Crippen LogP contribution in [0.5, 0.6) is 0 Å². The number of aliphatic hydroxyl groups excluding tert-OH is 1. The number of ether oxygens (including phenoxy) is 2. The molecule has 4 nitrogen and oxygen atoms in total. The van der Waals surface area contributed by atoms with Crippen LogP contribution in [0.3, 0.4) is 0 Å². The maximum atomic E-state index is 13.5. The van der Waals surface area contributed by atoms with Crippen molar-refractivity contribution in [3.63, 3.8) is 0 Å². The zero-order valence-corrected chi connectivity index (χ0v) is 14.8. The first-order chi connectivity index (χ1) is 13.5. The highest BCUT2D eigenvalue weighted by Crippen LogP contribution is 2.51. The Morgan fingerprint density at radius 3 is 1.68 bits per heavy atom. The van der Waals surface area contributed by atoms with Gasteiger partial charge in [0.15, 0.2) is 0 Å². The fraction of sp³-hybridized carbons (Fsp3) is 0.400. The molecule has 2 aromatic carbocycles. The fourth-order valence-electron chi connectivity index (χ4n) is 3.96. The number of fused-ring (bicyclic) bond motifs is 1. The summed E-state index contributed by atoms with van der Waals surface area (Å²) in [6, 6.07) is 11.9. The highest BCUT2D eigenvalue weighted by molar-refractivity contribution is 5.35. The van der Waals surface area contributed by atoms with Crippen LogP contribution in [0, 0.1) is 0 Å². The molecule has 28 heavy (non-hydrogen) atoms. The molecule has 2 heterocycles. The van der Waals surface area contributed by atoms with Gasteiger partial charge in [-0.3, -0.25) is 0 Å². The average molecular weight is 397 g/mol. The molecule has 2 aromatic rings. The fourth-order valence-corrected chi connectivity index (χ4v) is 3.96. The predicted molar refractivity (Wildman–Crippen MR) is 91.8 cm³/mol. The zero-order valence-electron chi connectivity index (χ0n) is 14.8. The lowest BCUT2D eigenvalue weighted by atomic mass is 9.98. The predicted octanol–water partition coefficient (Wildman–Crippen LogP) is 4.35. The van der Waals surface area contributed by atoms with Crippen molar-refractivity contribution in [3.8, 4) is 0 Å². The van der Waals surface area contributed by atoms with Crippen LogP contribution in [0.2, 0.25) is 0 Å². The molecule has 150 valence electrons. The van der Waals surface area contributed by atoms with Crippen LogP contribution >= 0.6 is 0 Å². The zero-order chi connectivity index (χ0) is 19.9. The second-order valence-corrected chi connectivity index (χ2v) is 6.98. The van der Waals surface area contributed by atoms with E-state index in [4.69, 9.17) is 9.47 Å². The van der Waals surface area contributed by atoms with Crippen LogP contribution in [0.25, 0.3) is 0 Å². The summed E-state index contributed by atoms with van der Waals surface area (Å²) >= 11 is 0. The standard InChI is InChI=1S/C20H19F4NO3/c21-16(22)12-5-1-3-7-14(12)18-25-19(28-11-20(25,9-26)10-27-18)15-8-4-2-6-13(15)17(23)24/h1-8,16-19,26H,9-11H2/t18-,19+,20-. The summed E-state index contributed by atoms with van der Waals surface area (Å²) in [5.74, 6) is 0. The molecular formula is C20H19F4NO3. The van der Waals surface area contributed by atoms with Crippen LogP contribution in [0.4, 0.5) is 17.6 Å². The Balaban J connectivity index is 1.80. The van der Waals surface area contributed by atoms with E-state index in [9.17, 15) is 22.7 Å². The van der Waals surface area contributed by atoms with Gasteiger partial charge in [-0.25, -0.2) is 22.5 Å². The van der Waals surface area contributed by atoms with Crippen molar-refractivity contribution in [2.75, 3.05) is 19.8 Å². The van der Waals surface area contributed by atoms with Gasteiger partial charge in [-0.2, -0.15) is 0 Å². The second kappa shape index (κ2) is 7.44. The molecule has 3 atom stereocenters. The Morgan fingerprint density at radius 1 is 0.857 bits per heavy atom. The Hall–Kier alpha value is -2.00. The van der Waals surface area contributed by atoms with Crippen molar-refractivity contribution in [1.29, 1.82) is 0 Å². The lowest BCUT2D eigenvalue weighted by Crippen LogP contribution is -2.47. The molecule has 2 saturated heterocycles. The molecule has 0 aromatic heterocycles. The van der Waals surface area contributed by atoms with E-state index in [2.05, 4.69) is 0 Å². The summed E-state index contributed by atoms with van der Waals surface area (Å²) in [6.07, 6.45) is -7.34. The highest BCUT2D eigenvalue weighted by Gasteiger charge is 2.57.